The Hall–Kier alpha value is -2.12. The Morgan fingerprint density at radius 1 is 1.00 bits per heavy atom. The molecule has 1 aromatic heterocycles. The van der Waals surface area contributed by atoms with E-state index in [0.717, 1.165) is 31.2 Å². The lowest BCUT2D eigenvalue weighted by Gasteiger charge is -2.27. The summed E-state index contributed by atoms with van der Waals surface area (Å²) in [5.41, 5.74) is 2.67. The van der Waals surface area contributed by atoms with Crippen LogP contribution in [0.4, 0.5) is 0 Å². The third-order valence-corrected chi connectivity index (χ3v) is 8.23. The molecule has 6 nitrogen and oxygen atoms in total. The first-order valence-corrected chi connectivity index (χ1v) is 11.9. The third-order valence-electron chi connectivity index (χ3n) is 6.19. The van der Waals surface area contributed by atoms with Gasteiger partial charge in [0.2, 0.25) is 10.0 Å². The number of hydrogen-bond acceptors (Lipinski definition) is 3. The van der Waals surface area contributed by atoms with Crippen LogP contribution >= 0.6 is 0 Å². The fourth-order valence-electron chi connectivity index (χ4n) is 4.67. The van der Waals surface area contributed by atoms with Crippen LogP contribution in [0.3, 0.4) is 0 Å². The highest BCUT2D eigenvalue weighted by atomic mass is 32.2. The predicted molar refractivity (Wildman–Crippen MR) is 113 cm³/mol. The van der Waals surface area contributed by atoms with Gasteiger partial charge in [-0.25, -0.2) is 8.42 Å². The van der Waals surface area contributed by atoms with E-state index >= 15 is 0 Å². The Balaban J connectivity index is 1.64. The molecular formula is C22H29N3O3S. The smallest absolute Gasteiger partial charge is 0.257 e. The molecule has 0 unspecified atom stereocenters. The number of aromatic amines is 1. The normalized spacial score (nSPS) is 20.9. The first-order chi connectivity index (χ1) is 13.9. The van der Waals surface area contributed by atoms with E-state index < -0.39 is 10.0 Å². The Morgan fingerprint density at radius 2 is 1.69 bits per heavy atom. The van der Waals surface area contributed by atoms with Gasteiger partial charge in [-0.15, -0.1) is 0 Å². The molecule has 29 heavy (non-hydrogen) atoms. The fourth-order valence-corrected chi connectivity index (χ4v) is 6.58. The van der Waals surface area contributed by atoms with Crippen molar-refractivity contribution in [3.05, 3.63) is 52.8 Å². The summed E-state index contributed by atoms with van der Waals surface area (Å²) in [7, 11) is -3.75. The molecule has 2 aliphatic heterocycles. The summed E-state index contributed by atoms with van der Waals surface area (Å²) >= 11 is 0. The van der Waals surface area contributed by atoms with Crippen molar-refractivity contribution >= 4 is 15.9 Å². The molecule has 0 spiro atoms. The number of rotatable bonds is 4. The number of amides is 1. The Bertz CT molecular complexity index is 992. The zero-order valence-corrected chi connectivity index (χ0v) is 18.0. The highest BCUT2D eigenvalue weighted by molar-refractivity contribution is 7.89. The number of piperidine rings is 1. The number of nitrogens with zero attached hydrogens (tertiary/aromatic N) is 2. The molecule has 2 aliphatic rings. The highest BCUT2D eigenvalue weighted by Gasteiger charge is 2.38. The number of H-pyrrole nitrogens is 1. The largest absolute Gasteiger partial charge is 0.361 e. The minimum Gasteiger partial charge on any atom is -0.361 e. The summed E-state index contributed by atoms with van der Waals surface area (Å²) in [6.45, 7) is 5.86. The molecule has 1 atom stereocenters. The molecule has 0 radical (unpaired) electrons. The van der Waals surface area contributed by atoms with Crippen molar-refractivity contribution in [2.45, 2.75) is 50.3 Å². The van der Waals surface area contributed by atoms with Crippen LogP contribution in [0.15, 0.2) is 35.2 Å². The summed E-state index contributed by atoms with van der Waals surface area (Å²) in [5, 5.41) is 0. The lowest BCUT2D eigenvalue weighted by Crippen LogP contribution is -2.37. The predicted octanol–water partition coefficient (Wildman–Crippen LogP) is 3.44. The summed E-state index contributed by atoms with van der Waals surface area (Å²) in [5.74, 6) is 0.0245. The van der Waals surface area contributed by atoms with Crippen LogP contribution in [0.1, 0.15) is 58.9 Å². The van der Waals surface area contributed by atoms with Crippen LogP contribution < -0.4 is 0 Å². The molecule has 0 aliphatic carbocycles. The third kappa shape index (κ3) is 3.73. The SMILES string of the molecule is Cc1[nH]c(C)c(S(=O)(=O)N2CC[C@H](c3ccccc3)C2)c1C(=O)N1CCCCC1. The summed E-state index contributed by atoms with van der Waals surface area (Å²) in [4.78, 5) is 18.3. The van der Waals surface area contributed by atoms with Gasteiger partial charge < -0.3 is 9.88 Å². The maximum Gasteiger partial charge on any atom is 0.257 e. The van der Waals surface area contributed by atoms with E-state index in [4.69, 9.17) is 0 Å². The number of aromatic nitrogens is 1. The van der Waals surface area contributed by atoms with E-state index in [1.807, 2.05) is 18.2 Å². The molecule has 2 fully saturated rings. The number of benzene rings is 1. The Kier molecular flexibility index (Phi) is 5.53. The second kappa shape index (κ2) is 7.95. The van der Waals surface area contributed by atoms with Crippen LogP contribution in [0.25, 0.3) is 0 Å². The molecular weight excluding hydrogens is 386 g/mol. The summed E-state index contributed by atoms with van der Waals surface area (Å²) in [6, 6.07) is 10.1. The molecule has 2 aromatic rings. The number of carbonyl (C=O) groups excluding carboxylic acids is 1. The van der Waals surface area contributed by atoms with Crippen molar-refractivity contribution in [3.8, 4) is 0 Å². The van der Waals surface area contributed by atoms with Gasteiger partial charge in [-0.1, -0.05) is 30.3 Å². The molecule has 0 saturated carbocycles. The quantitative estimate of drug-likeness (QED) is 0.831. The average Bonchev–Trinajstić information content (AvgIpc) is 3.34. The lowest BCUT2D eigenvalue weighted by atomic mass is 9.99. The number of likely N-dealkylation sites (tertiary alicyclic amines) is 1. The van der Waals surface area contributed by atoms with Gasteiger partial charge in [0.15, 0.2) is 0 Å². The first kappa shape index (κ1) is 20.2. The van der Waals surface area contributed by atoms with Gasteiger partial charge in [0.25, 0.3) is 5.91 Å². The van der Waals surface area contributed by atoms with E-state index in [9.17, 15) is 13.2 Å². The van der Waals surface area contributed by atoms with Gasteiger partial charge in [0.1, 0.15) is 4.90 Å². The van der Waals surface area contributed by atoms with Gasteiger partial charge in [0, 0.05) is 37.6 Å². The molecule has 4 rings (SSSR count). The standard InChI is InChI=1S/C22H29N3O3S/c1-16-20(22(26)24-12-7-4-8-13-24)21(17(2)23-16)29(27,28)25-14-11-19(15-25)18-9-5-3-6-10-18/h3,5-6,9-10,19,23H,4,7-8,11-15H2,1-2H3/t19-/m0/s1. The van der Waals surface area contributed by atoms with Crippen molar-refractivity contribution in [2.75, 3.05) is 26.2 Å². The Morgan fingerprint density at radius 3 is 2.38 bits per heavy atom. The zero-order valence-electron chi connectivity index (χ0n) is 17.1. The van der Waals surface area contributed by atoms with Gasteiger partial charge >= 0.3 is 0 Å². The monoisotopic (exact) mass is 415 g/mol. The molecule has 1 N–H and O–H groups in total. The molecule has 156 valence electrons. The molecule has 0 bridgehead atoms. The van der Waals surface area contributed by atoms with Crippen molar-refractivity contribution < 1.29 is 13.2 Å². The molecule has 1 aromatic carbocycles. The van der Waals surface area contributed by atoms with E-state index in [0.29, 0.717) is 43.1 Å². The first-order valence-electron chi connectivity index (χ1n) is 10.4. The van der Waals surface area contributed by atoms with Crippen molar-refractivity contribution in [1.82, 2.24) is 14.2 Å². The number of carbonyl (C=O) groups is 1. The van der Waals surface area contributed by atoms with Gasteiger partial charge in [-0.2, -0.15) is 4.31 Å². The van der Waals surface area contributed by atoms with Crippen molar-refractivity contribution in [2.24, 2.45) is 0 Å². The highest BCUT2D eigenvalue weighted by Crippen LogP contribution is 2.34. The molecule has 7 heteroatoms. The van der Waals surface area contributed by atoms with Gasteiger partial charge in [0.05, 0.1) is 5.56 Å². The van der Waals surface area contributed by atoms with Crippen LogP contribution in [0, 0.1) is 13.8 Å². The number of sulfonamides is 1. The lowest BCUT2D eigenvalue weighted by molar-refractivity contribution is 0.0720. The zero-order chi connectivity index (χ0) is 20.6. The molecule has 2 saturated heterocycles. The van der Waals surface area contributed by atoms with E-state index in [-0.39, 0.29) is 16.7 Å². The fraction of sp³-hybridized carbons (Fsp3) is 0.500. The second-order valence-electron chi connectivity index (χ2n) is 8.19. The maximum absolute atomic E-state index is 13.6. The van der Waals surface area contributed by atoms with E-state index in [1.165, 1.54) is 0 Å². The Labute approximate surface area is 173 Å². The van der Waals surface area contributed by atoms with E-state index in [1.54, 1.807) is 23.1 Å². The van der Waals surface area contributed by atoms with Crippen LogP contribution in [-0.2, 0) is 10.0 Å². The minimum absolute atomic E-state index is 0.163. The van der Waals surface area contributed by atoms with Crippen LogP contribution in [0.5, 0.6) is 0 Å². The maximum atomic E-state index is 13.6. The number of nitrogens with one attached hydrogen (secondary N) is 1. The van der Waals surface area contributed by atoms with Gasteiger partial charge in [-0.05, 0) is 51.0 Å². The summed E-state index contributed by atoms with van der Waals surface area (Å²) in [6.07, 6.45) is 3.86. The molecule has 3 heterocycles. The minimum atomic E-state index is -3.75. The molecule has 1 amide bonds. The summed E-state index contributed by atoms with van der Waals surface area (Å²) < 4.78 is 28.7. The van der Waals surface area contributed by atoms with Crippen LogP contribution in [0.2, 0.25) is 0 Å². The number of hydrogen-bond donors (Lipinski definition) is 1. The second-order valence-corrected chi connectivity index (χ2v) is 10.1. The van der Waals surface area contributed by atoms with Crippen molar-refractivity contribution in [1.29, 1.82) is 0 Å². The average molecular weight is 416 g/mol. The van der Waals surface area contributed by atoms with E-state index in [2.05, 4.69) is 17.1 Å². The topological polar surface area (TPSA) is 73.5 Å². The van der Waals surface area contributed by atoms with Gasteiger partial charge in [-0.3, -0.25) is 4.79 Å². The van der Waals surface area contributed by atoms with Crippen LogP contribution in [-0.4, -0.2) is 54.7 Å². The number of aryl methyl sites for hydroxylation is 2. The van der Waals surface area contributed by atoms with Crippen molar-refractivity contribution in [3.63, 3.8) is 0 Å².